The number of hydrogen-bond acceptors (Lipinski definition) is 4. The summed E-state index contributed by atoms with van der Waals surface area (Å²) in [6, 6.07) is 1.68. The molecule has 110 valence electrons. The maximum absolute atomic E-state index is 12.6. The molecule has 0 bridgehead atoms. The number of amides is 1. The Hall–Kier alpha value is -2.16. The van der Waals surface area contributed by atoms with E-state index in [4.69, 9.17) is 5.11 Å². The summed E-state index contributed by atoms with van der Waals surface area (Å²) in [5.41, 5.74) is -2.55. The second-order valence-electron chi connectivity index (χ2n) is 3.97. The second-order valence-corrected chi connectivity index (χ2v) is 3.97. The Morgan fingerprint density at radius 1 is 1.40 bits per heavy atom. The summed E-state index contributed by atoms with van der Waals surface area (Å²) in [5.74, 6) is -0.840. The van der Waals surface area contributed by atoms with E-state index >= 15 is 0 Å². The molecule has 1 rings (SSSR count). The molecule has 0 saturated carbocycles. The summed E-state index contributed by atoms with van der Waals surface area (Å²) in [4.78, 5) is 22.4. The first-order valence-corrected chi connectivity index (χ1v) is 5.40. The lowest BCUT2D eigenvalue weighted by Gasteiger charge is -2.16. The number of carbonyl (C=O) groups excluding carboxylic acids is 1. The van der Waals surface area contributed by atoms with Crippen LogP contribution in [0.5, 0.6) is 0 Å². The minimum absolute atomic E-state index is 0.0944. The van der Waals surface area contributed by atoms with E-state index in [-0.39, 0.29) is 13.2 Å². The van der Waals surface area contributed by atoms with Crippen molar-refractivity contribution in [3.05, 3.63) is 39.4 Å². The molecule has 0 aliphatic heterocycles. The molecule has 0 fully saturated rings. The lowest BCUT2D eigenvalue weighted by atomic mass is 10.1. The zero-order valence-corrected chi connectivity index (χ0v) is 10.3. The van der Waals surface area contributed by atoms with Crippen LogP contribution in [0.4, 0.5) is 18.9 Å². The number of nitrogens with zero attached hydrogens (tertiary/aromatic N) is 2. The fourth-order valence-corrected chi connectivity index (χ4v) is 1.48. The third-order valence-corrected chi connectivity index (χ3v) is 2.48. The maximum Gasteiger partial charge on any atom is 0.416 e. The highest BCUT2D eigenvalue weighted by Crippen LogP contribution is 2.32. The van der Waals surface area contributed by atoms with Gasteiger partial charge in [0.05, 0.1) is 17.1 Å². The van der Waals surface area contributed by atoms with Gasteiger partial charge in [-0.2, -0.15) is 13.2 Å². The van der Waals surface area contributed by atoms with Gasteiger partial charge in [-0.05, 0) is 6.07 Å². The monoisotopic (exact) mass is 292 g/mol. The first-order chi connectivity index (χ1) is 9.16. The second kappa shape index (κ2) is 5.87. The predicted molar refractivity (Wildman–Crippen MR) is 62.1 cm³/mol. The number of carbonyl (C=O) groups is 1. The van der Waals surface area contributed by atoms with Gasteiger partial charge in [0, 0.05) is 31.3 Å². The van der Waals surface area contributed by atoms with Crippen LogP contribution < -0.4 is 0 Å². The lowest BCUT2D eigenvalue weighted by Crippen LogP contribution is -2.29. The number of non-ortho nitro benzene ring substituents is 1. The van der Waals surface area contributed by atoms with Crippen molar-refractivity contribution in [2.75, 3.05) is 20.2 Å². The molecule has 0 saturated heterocycles. The van der Waals surface area contributed by atoms with Crippen LogP contribution in [0.15, 0.2) is 18.2 Å². The van der Waals surface area contributed by atoms with Crippen LogP contribution in [-0.2, 0) is 6.18 Å². The lowest BCUT2D eigenvalue weighted by molar-refractivity contribution is -0.385. The molecule has 0 aliphatic rings. The highest BCUT2D eigenvalue weighted by atomic mass is 19.4. The van der Waals surface area contributed by atoms with E-state index in [0.29, 0.717) is 12.1 Å². The van der Waals surface area contributed by atoms with E-state index in [9.17, 15) is 28.1 Å². The third kappa shape index (κ3) is 3.67. The van der Waals surface area contributed by atoms with Crippen LogP contribution >= 0.6 is 0 Å². The number of rotatable bonds is 4. The molecule has 6 nitrogen and oxygen atoms in total. The normalized spacial score (nSPS) is 11.2. The van der Waals surface area contributed by atoms with Gasteiger partial charge in [0.15, 0.2) is 0 Å². The Morgan fingerprint density at radius 3 is 2.45 bits per heavy atom. The summed E-state index contributed by atoms with van der Waals surface area (Å²) in [7, 11) is 1.27. The SMILES string of the molecule is CN(CCO)C(=O)c1cc([N+](=O)[O-])cc(C(F)(F)F)c1. The fraction of sp³-hybridized carbons (Fsp3) is 0.364. The molecule has 0 heterocycles. The van der Waals surface area contributed by atoms with Crippen LogP contribution in [0, 0.1) is 10.1 Å². The molecule has 1 aromatic rings. The molecule has 0 unspecified atom stereocenters. The largest absolute Gasteiger partial charge is 0.416 e. The number of hydrogen-bond donors (Lipinski definition) is 1. The highest BCUT2D eigenvalue weighted by molar-refractivity contribution is 5.95. The van der Waals surface area contributed by atoms with Crippen molar-refractivity contribution in [3.8, 4) is 0 Å². The van der Waals surface area contributed by atoms with E-state index in [0.717, 1.165) is 11.0 Å². The van der Waals surface area contributed by atoms with Crippen LogP contribution in [0.2, 0.25) is 0 Å². The molecule has 1 N–H and O–H groups in total. The number of nitro benzene ring substituents is 1. The van der Waals surface area contributed by atoms with Gasteiger partial charge in [-0.3, -0.25) is 14.9 Å². The van der Waals surface area contributed by atoms with Crippen molar-refractivity contribution < 1.29 is 28.0 Å². The zero-order valence-electron chi connectivity index (χ0n) is 10.3. The zero-order chi connectivity index (χ0) is 15.5. The molecule has 1 aromatic carbocycles. The van der Waals surface area contributed by atoms with Crippen molar-refractivity contribution in [1.29, 1.82) is 0 Å². The number of benzene rings is 1. The number of likely N-dealkylation sites (N-methyl/N-ethyl adjacent to an activating group) is 1. The van der Waals surface area contributed by atoms with Crippen LogP contribution in [0.3, 0.4) is 0 Å². The Kier molecular flexibility index (Phi) is 4.66. The molecule has 0 aromatic heterocycles. The number of nitro groups is 1. The van der Waals surface area contributed by atoms with Gasteiger partial charge in [0.1, 0.15) is 0 Å². The van der Waals surface area contributed by atoms with E-state index in [1.807, 2.05) is 0 Å². The quantitative estimate of drug-likeness (QED) is 0.676. The summed E-state index contributed by atoms with van der Waals surface area (Å²) in [5, 5.41) is 19.3. The fourth-order valence-electron chi connectivity index (χ4n) is 1.48. The minimum atomic E-state index is -4.80. The maximum atomic E-state index is 12.6. The predicted octanol–water partition coefficient (Wildman–Crippen LogP) is 1.68. The van der Waals surface area contributed by atoms with Gasteiger partial charge in [0.25, 0.3) is 11.6 Å². The van der Waals surface area contributed by atoms with E-state index in [1.165, 1.54) is 7.05 Å². The van der Waals surface area contributed by atoms with Gasteiger partial charge in [-0.1, -0.05) is 0 Å². The standard InChI is InChI=1S/C11H11F3N2O4/c1-15(2-3-17)10(18)7-4-8(11(12,13)14)6-9(5-7)16(19)20/h4-6,17H,2-3H2,1H3. The molecule has 9 heteroatoms. The molecule has 0 radical (unpaired) electrons. The van der Waals surface area contributed by atoms with Crippen LogP contribution in [0.25, 0.3) is 0 Å². The van der Waals surface area contributed by atoms with Gasteiger partial charge in [-0.25, -0.2) is 0 Å². The molecule has 0 atom stereocenters. The Morgan fingerprint density at radius 2 is 2.00 bits per heavy atom. The van der Waals surface area contributed by atoms with Gasteiger partial charge >= 0.3 is 6.18 Å². The van der Waals surface area contributed by atoms with Crippen molar-refractivity contribution in [2.24, 2.45) is 0 Å². The van der Waals surface area contributed by atoms with Crippen LogP contribution in [0.1, 0.15) is 15.9 Å². The molecule has 0 aliphatic carbocycles. The van der Waals surface area contributed by atoms with E-state index < -0.39 is 33.8 Å². The smallest absolute Gasteiger partial charge is 0.395 e. The summed E-state index contributed by atoms with van der Waals surface area (Å²) >= 11 is 0. The Balaban J connectivity index is 3.29. The first kappa shape index (κ1) is 15.9. The molecular formula is C11H11F3N2O4. The summed E-state index contributed by atoms with van der Waals surface area (Å²) in [6.07, 6.45) is -4.80. The molecular weight excluding hydrogens is 281 g/mol. The first-order valence-electron chi connectivity index (χ1n) is 5.40. The Bertz CT molecular complexity index is 531. The van der Waals surface area contributed by atoms with Crippen molar-refractivity contribution >= 4 is 11.6 Å². The summed E-state index contributed by atoms with van der Waals surface area (Å²) in [6.45, 7) is -0.466. The molecule has 1 amide bonds. The highest BCUT2D eigenvalue weighted by Gasteiger charge is 2.33. The molecule has 0 spiro atoms. The average Bonchev–Trinajstić information content (AvgIpc) is 2.36. The van der Waals surface area contributed by atoms with Crippen molar-refractivity contribution in [2.45, 2.75) is 6.18 Å². The Labute approximate surface area is 111 Å². The van der Waals surface area contributed by atoms with Crippen molar-refractivity contribution in [3.63, 3.8) is 0 Å². The number of aliphatic hydroxyl groups excluding tert-OH is 1. The molecule has 20 heavy (non-hydrogen) atoms. The van der Waals surface area contributed by atoms with Gasteiger partial charge in [0.2, 0.25) is 0 Å². The minimum Gasteiger partial charge on any atom is -0.395 e. The van der Waals surface area contributed by atoms with E-state index in [1.54, 1.807) is 0 Å². The number of aliphatic hydroxyl groups is 1. The van der Waals surface area contributed by atoms with Crippen LogP contribution in [-0.4, -0.2) is 41.0 Å². The number of halogens is 3. The van der Waals surface area contributed by atoms with Crippen molar-refractivity contribution in [1.82, 2.24) is 4.90 Å². The summed E-state index contributed by atoms with van der Waals surface area (Å²) < 4.78 is 37.9. The van der Waals surface area contributed by atoms with E-state index in [2.05, 4.69) is 0 Å². The number of alkyl halides is 3. The third-order valence-electron chi connectivity index (χ3n) is 2.48. The average molecular weight is 292 g/mol. The van der Waals surface area contributed by atoms with Gasteiger partial charge in [-0.15, -0.1) is 0 Å². The van der Waals surface area contributed by atoms with Gasteiger partial charge < -0.3 is 10.0 Å². The topological polar surface area (TPSA) is 83.7 Å².